The van der Waals surface area contributed by atoms with E-state index in [0.717, 1.165) is 11.8 Å². The van der Waals surface area contributed by atoms with Crippen molar-refractivity contribution in [2.45, 2.75) is 57.9 Å². The number of aryl methyl sites for hydroxylation is 2. The molecule has 0 bridgehead atoms. The second-order valence-corrected chi connectivity index (χ2v) is 8.67. The standard InChI is InChI=1S/C25H27NO10/c1-11-5-7-16(26-11)24(31)36-23-20(30)25(33-13(3)22(23)32-4)34-17-8-6-15-14(9-18(27)28)10-19(29)35-21(15)12(17)2/h5-8,10,13,20,22-23,25-26,30H,9H2,1-4H3,(H,27,28)/t13-,20+,22-,23-,25-/m0/s1. The fourth-order valence-corrected chi connectivity index (χ4v) is 4.33. The van der Waals surface area contributed by atoms with Gasteiger partial charge in [-0.15, -0.1) is 0 Å². The third-order valence-corrected chi connectivity index (χ3v) is 6.10. The van der Waals surface area contributed by atoms with Crippen molar-refractivity contribution < 1.29 is 43.2 Å². The molecule has 11 nitrogen and oxygen atoms in total. The normalized spacial score (nSPS) is 24.0. The summed E-state index contributed by atoms with van der Waals surface area (Å²) in [5.41, 5.74) is 1.18. The number of aromatic nitrogens is 1. The molecule has 0 saturated carbocycles. The molecule has 1 aromatic carbocycles. The number of hydrogen-bond acceptors (Lipinski definition) is 9. The SMILES string of the molecule is CO[C@@H]1[C@@H](OC(=O)c2ccc(C)[nH]2)[C@@H](O)[C@H](Oc2ccc3c(CC(=O)O)cc(=O)oc3c2C)O[C@H]1C. The second-order valence-electron chi connectivity index (χ2n) is 8.67. The largest absolute Gasteiger partial charge is 0.481 e. The molecule has 1 aliphatic heterocycles. The number of carbonyl (C=O) groups is 2. The number of aromatic amines is 1. The van der Waals surface area contributed by atoms with Crippen molar-refractivity contribution in [1.82, 2.24) is 4.98 Å². The third kappa shape index (κ3) is 4.99. The van der Waals surface area contributed by atoms with Crippen molar-refractivity contribution in [3.05, 3.63) is 63.3 Å². The number of ether oxygens (including phenoxy) is 4. The van der Waals surface area contributed by atoms with E-state index in [2.05, 4.69) is 4.98 Å². The summed E-state index contributed by atoms with van der Waals surface area (Å²) in [6.45, 7) is 5.12. The number of carbonyl (C=O) groups excluding carboxylic acids is 1. The molecule has 3 heterocycles. The van der Waals surface area contributed by atoms with Gasteiger partial charge in [0.2, 0.25) is 6.29 Å². The third-order valence-electron chi connectivity index (χ3n) is 6.10. The number of aliphatic carboxylic acids is 1. The zero-order valence-corrected chi connectivity index (χ0v) is 20.1. The lowest BCUT2D eigenvalue weighted by atomic mass is 9.99. The Labute approximate surface area is 205 Å². The van der Waals surface area contributed by atoms with Crippen LogP contribution in [0.5, 0.6) is 5.75 Å². The molecule has 1 aliphatic rings. The van der Waals surface area contributed by atoms with Crippen LogP contribution in [0, 0.1) is 13.8 Å². The Morgan fingerprint density at radius 1 is 1.14 bits per heavy atom. The lowest BCUT2D eigenvalue weighted by Crippen LogP contribution is -2.60. The molecule has 1 fully saturated rings. The van der Waals surface area contributed by atoms with E-state index in [4.69, 9.17) is 28.5 Å². The lowest BCUT2D eigenvalue weighted by Gasteiger charge is -2.42. The van der Waals surface area contributed by atoms with Gasteiger partial charge in [0.25, 0.3) is 0 Å². The first-order valence-corrected chi connectivity index (χ1v) is 11.3. The zero-order valence-electron chi connectivity index (χ0n) is 20.1. The molecule has 2 aromatic heterocycles. The minimum atomic E-state index is -1.42. The van der Waals surface area contributed by atoms with Crippen LogP contribution in [0.2, 0.25) is 0 Å². The number of fused-ring (bicyclic) bond motifs is 1. The summed E-state index contributed by atoms with van der Waals surface area (Å²) < 4.78 is 28.1. The maximum atomic E-state index is 12.7. The van der Waals surface area contributed by atoms with Gasteiger partial charge in [-0.3, -0.25) is 4.79 Å². The molecule has 3 N–H and O–H groups in total. The molecule has 36 heavy (non-hydrogen) atoms. The zero-order chi connectivity index (χ0) is 26.1. The average Bonchev–Trinajstić information content (AvgIpc) is 3.25. The number of H-pyrrole nitrogens is 1. The van der Waals surface area contributed by atoms with Crippen LogP contribution < -0.4 is 10.4 Å². The summed E-state index contributed by atoms with van der Waals surface area (Å²) in [5, 5.41) is 20.7. The Bertz CT molecular complexity index is 1340. The van der Waals surface area contributed by atoms with Crippen LogP contribution in [0.15, 0.2) is 39.5 Å². The van der Waals surface area contributed by atoms with Crippen LogP contribution in [-0.4, -0.2) is 65.0 Å². The summed E-state index contributed by atoms with van der Waals surface area (Å²) in [6, 6.07) is 7.58. The van der Waals surface area contributed by atoms with Crippen molar-refractivity contribution >= 4 is 22.9 Å². The van der Waals surface area contributed by atoms with Crippen LogP contribution in [0.4, 0.5) is 0 Å². The van der Waals surface area contributed by atoms with Crippen LogP contribution in [0.1, 0.15) is 34.2 Å². The number of aliphatic hydroxyl groups excluding tert-OH is 1. The number of esters is 1. The van der Waals surface area contributed by atoms with Gasteiger partial charge in [0.1, 0.15) is 23.1 Å². The predicted molar refractivity (Wildman–Crippen MR) is 125 cm³/mol. The lowest BCUT2D eigenvalue weighted by molar-refractivity contribution is -0.272. The van der Waals surface area contributed by atoms with E-state index in [0.29, 0.717) is 16.5 Å². The van der Waals surface area contributed by atoms with Gasteiger partial charge in [-0.1, -0.05) is 0 Å². The highest BCUT2D eigenvalue weighted by Gasteiger charge is 2.48. The van der Waals surface area contributed by atoms with Gasteiger partial charge in [0, 0.05) is 29.8 Å². The number of hydrogen-bond donors (Lipinski definition) is 3. The summed E-state index contributed by atoms with van der Waals surface area (Å²) in [5.74, 6) is -1.53. The number of carboxylic acids is 1. The number of rotatable bonds is 7. The summed E-state index contributed by atoms with van der Waals surface area (Å²) in [7, 11) is 1.42. The van der Waals surface area contributed by atoms with Crippen LogP contribution in [0.3, 0.4) is 0 Å². The fraction of sp³-hybridized carbons (Fsp3) is 0.400. The van der Waals surface area contributed by atoms with E-state index in [1.165, 1.54) is 7.11 Å². The number of aliphatic hydroxyl groups is 1. The molecule has 0 aliphatic carbocycles. The van der Waals surface area contributed by atoms with E-state index < -0.39 is 48.3 Å². The van der Waals surface area contributed by atoms with E-state index in [9.17, 15) is 19.5 Å². The molecule has 4 rings (SSSR count). The molecule has 11 heteroatoms. The quantitative estimate of drug-likeness (QED) is 0.323. The van der Waals surface area contributed by atoms with E-state index >= 15 is 0 Å². The smallest absolute Gasteiger partial charge is 0.355 e. The highest BCUT2D eigenvalue weighted by molar-refractivity contribution is 5.88. The predicted octanol–water partition coefficient (Wildman–Crippen LogP) is 2.09. The van der Waals surface area contributed by atoms with Gasteiger partial charge in [-0.25, -0.2) is 9.59 Å². The summed E-state index contributed by atoms with van der Waals surface area (Å²) in [6.07, 6.45) is -5.52. The molecule has 0 radical (unpaired) electrons. The molecule has 0 unspecified atom stereocenters. The second kappa shape index (κ2) is 10.1. The van der Waals surface area contributed by atoms with Gasteiger partial charge in [0.15, 0.2) is 12.2 Å². The molecule has 0 amide bonds. The highest BCUT2D eigenvalue weighted by atomic mass is 16.7. The topological polar surface area (TPSA) is 158 Å². The first kappa shape index (κ1) is 25.4. The van der Waals surface area contributed by atoms with Crippen molar-refractivity contribution in [3.8, 4) is 5.75 Å². The van der Waals surface area contributed by atoms with Gasteiger partial charge in [-0.2, -0.15) is 0 Å². The Hall–Kier alpha value is -3.67. The Morgan fingerprint density at radius 2 is 1.89 bits per heavy atom. The molecule has 1 saturated heterocycles. The van der Waals surface area contributed by atoms with Gasteiger partial charge >= 0.3 is 17.6 Å². The van der Waals surface area contributed by atoms with E-state index in [1.54, 1.807) is 45.0 Å². The molecule has 3 aromatic rings. The van der Waals surface area contributed by atoms with Crippen molar-refractivity contribution in [2.24, 2.45) is 0 Å². The maximum absolute atomic E-state index is 12.7. The molecule has 192 valence electrons. The van der Waals surface area contributed by atoms with E-state index in [1.807, 2.05) is 0 Å². The van der Waals surface area contributed by atoms with Crippen molar-refractivity contribution in [1.29, 1.82) is 0 Å². The number of nitrogens with one attached hydrogen (secondary N) is 1. The minimum absolute atomic E-state index is 0.162. The molecular weight excluding hydrogens is 474 g/mol. The maximum Gasteiger partial charge on any atom is 0.355 e. The Balaban J connectivity index is 1.62. The number of methoxy groups -OCH3 is 1. The van der Waals surface area contributed by atoms with Crippen molar-refractivity contribution in [2.75, 3.05) is 7.11 Å². The summed E-state index contributed by atoms with van der Waals surface area (Å²) in [4.78, 5) is 38.8. The Morgan fingerprint density at radius 3 is 2.53 bits per heavy atom. The number of benzene rings is 1. The monoisotopic (exact) mass is 501 g/mol. The molecular formula is C25H27NO10. The van der Waals surface area contributed by atoms with Crippen LogP contribution in [0.25, 0.3) is 11.0 Å². The van der Waals surface area contributed by atoms with Gasteiger partial charge < -0.3 is 38.6 Å². The van der Waals surface area contributed by atoms with Crippen LogP contribution >= 0.6 is 0 Å². The number of carboxylic acid groups (broad SMARTS) is 1. The van der Waals surface area contributed by atoms with Crippen molar-refractivity contribution in [3.63, 3.8) is 0 Å². The highest BCUT2D eigenvalue weighted by Crippen LogP contribution is 2.33. The molecule has 5 atom stereocenters. The average molecular weight is 501 g/mol. The van der Waals surface area contributed by atoms with Gasteiger partial charge in [0.05, 0.1) is 12.5 Å². The van der Waals surface area contributed by atoms with Gasteiger partial charge in [-0.05, 0) is 50.6 Å². The first-order valence-electron chi connectivity index (χ1n) is 11.3. The Kier molecular flexibility index (Phi) is 7.16. The summed E-state index contributed by atoms with van der Waals surface area (Å²) >= 11 is 0. The minimum Gasteiger partial charge on any atom is -0.481 e. The van der Waals surface area contributed by atoms with E-state index in [-0.39, 0.29) is 23.4 Å². The molecule has 0 spiro atoms. The van der Waals surface area contributed by atoms with Crippen LogP contribution in [-0.2, 0) is 25.4 Å². The first-order chi connectivity index (χ1) is 17.1. The fourth-order valence-electron chi connectivity index (χ4n) is 4.33.